The number of nitrogens with zero attached hydrogens (tertiary/aromatic N) is 2. The van der Waals surface area contributed by atoms with Gasteiger partial charge in [0.2, 0.25) is 0 Å². The van der Waals surface area contributed by atoms with Crippen molar-refractivity contribution in [1.82, 2.24) is 15.0 Å². The van der Waals surface area contributed by atoms with Crippen LogP contribution in [0.25, 0.3) is 0 Å². The number of hydrogen-bond acceptors (Lipinski definition) is 3. The largest absolute Gasteiger partial charge is 0.369 e. The van der Waals surface area contributed by atoms with Crippen LogP contribution in [0, 0.1) is 0 Å². The maximum atomic E-state index is 4.21. The average molecular weight is 267 g/mol. The van der Waals surface area contributed by atoms with Crippen molar-refractivity contribution in [2.24, 2.45) is 0 Å². The lowest BCUT2D eigenvalue weighted by atomic mass is 10.4. The summed E-state index contributed by atoms with van der Waals surface area (Å²) in [5, 5.41) is 3.23. The normalized spacial score (nSPS) is 10.2. The molecule has 78 valence electrons. The summed E-state index contributed by atoms with van der Waals surface area (Å²) in [7, 11) is 0. The Morgan fingerprint density at radius 1 is 1.33 bits per heavy atom. The van der Waals surface area contributed by atoms with Crippen molar-refractivity contribution in [3.8, 4) is 0 Å². The summed E-state index contributed by atoms with van der Waals surface area (Å²) < 4.78 is 0.976. The molecule has 0 atom stereocenters. The van der Waals surface area contributed by atoms with Gasteiger partial charge < -0.3 is 10.3 Å². The lowest BCUT2D eigenvalue weighted by Crippen LogP contribution is -2.07. The highest BCUT2D eigenvalue weighted by atomic mass is 79.9. The van der Waals surface area contributed by atoms with E-state index in [1.807, 2.05) is 18.3 Å². The van der Waals surface area contributed by atoms with Gasteiger partial charge in [-0.25, -0.2) is 9.97 Å². The van der Waals surface area contributed by atoms with Crippen LogP contribution < -0.4 is 5.32 Å². The zero-order chi connectivity index (χ0) is 10.5. The summed E-state index contributed by atoms with van der Waals surface area (Å²) in [4.78, 5) is 11.4. The number of anilines is 1. The number of imidazole rings is 1. The second-order valence-electron chi connectivity index (χ2n) is 3.05. The van der Waals surface area contributed by atoms with Gasteiger partial charge in [0.05, 0.1) is 4.47 Å². The molecule has 2 rings (SSSR count). The van der Waals surface area contributed by atoms with Gasteiger partial charge in [0.25, 0.3) is 0 Å². The number of aromatic nitrogens is 3. The summed E-state index contributed by atoms with van der Waals surface area (Å²) in [6.45, 7) is 0.809. The Balaban J connectivity index is 1.86. The molecule has 0 aliphatic carbocycles. The fraction of sp³-hybridized carbons (Fsp3) is 0.200. The van der Waals surface area contributed by atoms with E-state index in [-0.39, 0.29) is 0 Å². The first kappa shape index (κ1) is 10.2. The van der Waals surface area contributed by atoms with Crippen molar-refractivity contribution in [2.75, 3.05) is 11.9 Å². The lowest BCUT2D eigenvalue weighted by molar-refractivity contribution is 0.921. The number of pyridine rings is 1. The maximum Gasteiger partial charge on any atom is 0.140 e. The molecule has 2 aromatic heterocycles. The van der Waals surface area contributed by atoms with Crippen LogP contribution in [0.4, 0.5) is 5.82 Å². The Morgan fingerprint density at radius 3 is 3.00 bits per heavy atom. The molecular formula is C10H11BrN4. The predicted octanol–water partition coefficient (Wildman–Crippen LogP) is 2.22. The van der Waals surface area contributed by atoms with Crippen molar-refractivity contribution in [1.29, 1.82) is 0 Å². The third-order valence-corrected chi connectivity index (χ3v) is 2.61. The number of H-pyrrole nitrogens is 1. The summed E-state index contributed by atoms with van der Waals surface area (Å²) in [5.74, 6) is 1.85. The van der Waals surface area contributed by atoms with Gasteiger partial charge in [-0.2, -0.15) is 0 Å². The minimum atomic E-state index is 0.809. The van der Waals surface area contributed by atoms with Gasteiger partial charge in [0.15, 0.2) is 0 Å². The van der Waals surface area contributed by atoms with Crippen LogP contribution in [-0.4, -0.2) is 21.5 Å². The molecule has 0 fully saturated rings. The van der Waals surface area contributed by atoms with E-state index < -0.39 is 0 Å². The van der Waals surface area contributed by atoms with E-state index in [1.165, 1.54) is 0 Å². The van der Waals surface area contributed by atoms with Crippen LogP contribution in [0.2, 0.25) is 0 Å². The van der Waals surface area contributed by atoms with Crippen LogP contribution in [-0.2, 0) is 6.42 Å². The molecule has 0 aromatic carbocycles. The molecule has 0 saturated heterocycles. The van der Waals surface area contributed by atoms with E-state index in [9.17, 15) is 0 Å². The number of halogens is 1. The van der Waals surface area contributed by atoms with E-state index >= 15 is 0 Å². The van der Waals surface area contributed by atoms with Crippen molar-refractivity contribution in [2.45, 2.75) is 6.42 Å². The molecule has 2 N–H and O–H groups in total. The number of hydrogen-bond donors (Lipinski definition) is 2. The minimum Gasteiger partial charge on any atom is -0.369 e. The summed E-state index contributed by atoms with van der Waals surface area (Å²) in [6, 6.07) is 3.85. The SMILES string of the molecule is Brc1cccnc1NCCc1ncc[nH]1. The Hall–Kier alpha value is -1.36. The van der Waals surface area contributed by atoms with E-state index in [4.69, 9.17) is 0 Å². The molecule has 15 heavy (non-hydrogen) atoms. The molecule has 0 aliphatic rings. The van der Waals surface area contributed by atoms with Gasteiger partial charge in [-0.1, -0.05) is 0 Å². The molecule has 0 unspecified atom stereocenters. The Labute approximate surface area is 96.3 Å². The number of nitrogens with one attached hydrogen (secondary N) is 2. The summed E-state index contributed by atoms with van der Waals surface area (Å²) in [6.07, 6.45) is 6.20. The van der Waals surface area contributed by atoms with Crippen molar-refractivity contribution < 1.29 is 0 Å². The molecular weight excluding hydrogens is 256 g/mol. The molecule has 4 nitrogen and oxygen atoms in total. The quantitative estimate of drug-likeness (QED) is 0.893. The van der Waals surface area contributed by atoms with E-state index in [0.29, 0.717) is 0 Å². The van der Waals surface area contributed by atoms with Crippen LogP contribution >= 0.6 is 15.9 Å². The zero-order valence-corrected chi connectivity index (χ0v) is 9.66. The van der Waals surface area contributed by atoms with Crippen molar-refractivity contribution in [3.05, 3.63) is 41.0 Å². The fourth-order valence-corrected chi connectivity index (χ4v) is 1.64. The second kappa shape index (κ2) is 4.93. The van der Waals surface area contributed by atoms with Gasteiger partial charge in [-0.3, -0.25) is 0 Å². The smallest absolute Gasteiger partial charge is 0.140 e. The molecule has 5 heteroatoms. The van der Waals surface area contributed by atoms with Gasteiger partial charge in [-0.05, 0) is 28.1 Å². The van der Waals surface area contributed by atoms with Crippen molar-refractivity contribution in [3.63, 3.8) is 0 Å². The van der Waals surface area contributed by atoms with E-state index in [2.05, 4.69) is 36.2 Å². The molecule has 0 saturated carbocycles. The highest BCUT2D eigenvalue weighted by molar-refractivity contribution is 9.10. The van der Waals surface area contributed by atoms with Crippen LogP contribution in [0.1, 0.15) is 5.82 Å². The molecule has 0 aliphatic heterocycles. The van der Waals surface area contributed by atoms with Crippen LogP contribution in [0.3, 0.4) is 0 Å². The number of aromatic amines is 1. The van der Waals surface area contributed by atoms with E-state index in [1.54, 1.807) is 12.4 Å². The Morgan fingerprint density at radius 2 is 2.27 bits per heavy atom. The van der Waals surface area contributed by atoms with Gasteiger partial charge in [-0.15, -0.1) is 0 Å². The van der Waals surface area contributed by atoms with Gasteiger partial charge >= 0.3 is 0 Å². The zero-order valence-electron chi connectivity index (χ0n) is 8.07. The molecule has 0 bridgehead atoms. The van der Waals surface area contributed by atoms with Crippen LogP contribution in [0.5, 0.6) is 0 Å². The third kappa shape index (κ3) is 2.79. The topological polar surface area (TPSA) is 53.6 Å². The standard InChI is InChI=1S/C10H11BrN4/c11-8-2-1-4-14-10(8)15-5-3-9-12-6-7-13-9/h1-2,4,6-7H,3,5H2,(H,12,13)(H,14,15). The Kier molecular flexibility index (Phi) is 3.34. The predicted molar refractivity (Wildman–Crippen MR) is 62.7 cm³/mol. The Bertz CT molecular complexity index is 413. The molecule has 0 amide bonds. The van der Waals surface area contributed by atoms with Crippen LogP contribution in [0.15, 0.2) is 35.2 Å². The lowest BCUT2D eigenvalue weighted by Gasteiger charge is -2.05. The fourth-order valence-electron chi connectivity index (χ4n) is 1.25. The first-order chi connectivity index (χ1) is 7.36. The van der Waals surface area contributed by atoms with E-state index in [0.717, 1.165) is 29.1 Å². The number of rotatable bonds is 4. The molecule has 2 heterocycles. The minimum absolute atomic E-state index is 0.809. The maximum absolute atomic E-state index is 4.21. The van der Waals surface area contributed by atoms with Crippen molar-refractivity contribution >= 4 is 21.7 Å². The second-order valence-corrected chi connectivity index (χ2v) is 3.90. The first-order valence-electron chi connectivity index (χ1n) is 4.69. The molecule has 0 radical (unpaired) electrons. The average Bonchev–Trinajstić information content (AvgIpc) is 2.74. The van der Waals surface area contributed by atoms with Gasteiger partial charge in [0.1, 0.15) is 11.6 Å². The molecule has 0 spiro atoms. The highest BCUT2D eigenvalue weighted by Gasteiger charge is 1.99. The third-order valence-electron chi connectivity index (χ3n) is 1.97. The monoisotopic (exact) mass is 266 g/mol. The first-order valence-corrected chi connectivity index (χ1v) is 5.48. The summed E-state index contributed by atoms with van der Waals surface area (Å²) >= 11 is 3.43. The summed E-state index contributed by atoms with van der Waals surface area (Å²) in [5.41, 5.74) is 0. The molecule has 2 aromatic rings. The van der Waals surface area contributed by atoms with Gasteiger partial charge in [0, 0.05) is 31.6 Å². The highest BCUT2D eigenvalue weighted by Crippen LogP contribution is 2.17.